The predicted molar refractivity (Wildman–Crippen MR) is 86.8 cm³/mol. The molecule has 1 unspecified atom stereocenters. The van der Waals surface area contributed by atoms with Crippen molar-refractivity contribution in [1.29, 1.82) is 0 Å². The van der Waals surface area contributed by atoms with Crippen LogP contribution in [0.15, 0.2) is 36.5 Å². The molecule has 1 heterocycles. The summed E-state index contributed by atoms with van der Waals surface area (Å²) < 4.78 is 0. The summed E-state index contributed by atoms with van der Waals surface area (Å²) in [5.41, 5.74) is 2.49. The lowest BCUT2D eigenvalue weighted by Gasteiger charge is -2.21. The Hall–Kier alpha value is -1.41. The van der Waals surface area contributed by atoms with Crippen LogP contribution in [0.1, 0.15) is 51.6 Å². The van der Waals surface area contributed by atoms with Gasteiger partial charge in [0.25, 0.3) is 0 Å². The van der Waals surface area contributed by atoms with Crippen LogP contribution in [0.2, 0.25) is 0 Å². The molecule has 2 heteroatoms. The van der Waals surface area contributed by atoms with E-state index in [0.717, 1.165) is 18.0 Å². The number of hydrogen-bond donors (Lipinski definition) is 1. The topological polar surface area (TPSA) is 24.9 Å². The molecule has 2 aromatic rings. The molecule has 1 N–H and O–H groups in total. The van der Waals surface area contributed by atoms with Gasteiger partial charge in [-0.15, -0.1) is 0 Å². The van der Waals surface area contributed by atoms with Crippen molar-refractivity contribution < 1.29 is 0 Å². The van der Waals surface area contributed by atoms with Gasteiger partial charge in [-0.2, -0.15) is 0 Å². The number of nitrogens with zero attached hydrogens (tertiary/aromatic N) is 1. The van der Waals surface area contributed by atoms with Crippen molar-refractivity contribution in [2.45, 2.75) is 46.1 Å². The summed E-state index contributed by atoms with van der Waals surface area (Å²) in [5, 5.41) is 4.99. The van der Waals surface area contributed by atoms with Crippen LogP contribution in [0.5, 0.6) is 0 Å². The van der Waals surface area contributed by atoms with Crippen molar-refractivity contribution in [1.82, 2.24) is 10.3 Å². The molecule has 108 valence electrons. The molecule has 1 aromatic heterocycles. The number of rotatable bonds is 7. The van der Waals surface area contributed by atoms with Gasteiger partial charge < -0.3 is 5.32 Å². The van der Waals surface area contributed by atoms with Crippen LogP contribution in [0.3, 0.4) is 0 Å². The first-order valence-electron chi connectivity index (χ1n) is 7.79. The van der Waals surface area contributed by atoms with Crippen molar-refractivity contribution in [3.8, 4) is 0 Å². The van der Waals surface area contributed by atoms with Crippen molar-refractivity contribution in [2.75, 3.05) is 6.54 Å². The fraction of sp³-hybridized carbons (Fsp3) is 0.500. The molecular weight excluding hydrogens is 244 g/mol. The monoisotopic (exact) mass is 270 g/mol. The smallest absolute Gasteiger partial charge is 0.0705 e. The normalized spacial score (nSPS) is 13.0. The zero-order valence-corrected chi connectivity index (χ0v) is 12.9. The second-order valence-electron chi connectivity index (χ2n) is 5.90. The SMILES string of the molecule is CCCNC(CCC(C)C)c1cccc2ncccc12. The van der Waals surface area contributed by atoms with Crippen molar-refractivity contribution >= 4 is 10.9 Å². The molecule has 0 bridgehead atoms. The van der Waals surface area contributed by atoms with Gasteiger partial charge in [0.05, 0.1) is 5.52 Å². The maximum Gasteiger partial charge on any atom is 0.0705 e. The fourth-order valence-electron chi connectivity index (χ4n) is 2.62. The highest BCUT2D eigenvalue weighted by Gasteiger charge is 2.14. The Morgan fingerprint density at radius 2 is 1.95 bits per heavy atom. The van der Waals surface area contributed by atoms with Crippen molar-refractivity contribution in [3.05, 3.63) is 42.1 Å². The van der Waals surface area contributed by atoms with Gasteiger partial charge in [0.1, 0.15) is 0 Å². The molecule has 0 aliphatic carbocycles. The number of fused-ring (bicyclic) bond motifs is 1. The quantitative estimate of drug-likeness (QED) is 0.788. The lowest BCUT2D eigenvalue weighted by Crippen LogP contribution is -2.22. The highest BCUT2D eigenvalue weighted by Crippen LogP contribution is 2.27. The summed E-state index contributed by atoms with van der Waals surface area (Å²) in [6.45, 7) is 7.87. The Bertz CT molecular complexity index is 528. The second kappa shape index (κ2) is 7.39. The Kier molecular flexibility index (Phi) is 5.54. The number of nitrogens with one attached hydrogen (secondary N) is 1. The van der Waals surface area contributed by atoms with Crippen LogP contribution in [0.4, 0.5) is 0 Å². The molecule has 0 spiro atoms. The van der Waals surface area contributed by atoms with Gasteiger partial charge in [0.15, 0.2) is 0 Å². The molecular formula is C18H26N2. The second-order valence-corrected chi connectivity index (χ2v) is 5.90. The Labute approximate surface area is 122 Å². The summed E-state index contributed by atoms with van der Waals surface area (Å²) in [6.07, 6.45) is 5.47. The van der Waals surface area contributed by atoms with Crippen LogP contribution in [-0.2, 0) is 0 Å². The summed E-state index contributed by atoms with van der Waals surface area (Å²) >= 11 is 0. The van der Waals surface area contributed by atoms with Gasteiger partial charge in [-0.3, -0.25) is 4.98 Å². The minimum atomic E-state index is 0.435. The Morgan fingerprint density at radius 3 is 2.70 bits per heavy atom. The van der Waals surface area contributed by atoms with Crippen molar-refractivity contribution in [3.63, 3.8) is 0 Å². The molecule has 20 heavy (non-hydrogen) atoms. The maximum atomic E-state index is 4.47. The molecule has 0 aliphatic heterocycles. The minimum absolute atomic E-state index is 0.435. The van der Waals surface area contributed by atoms with Crippen LogP contribution >= 0.6 is 0 Å². The number of benzene rings is 1. The highest BCUT2D eigenvalue weighted by molar-refractivity contribution is 5.82. The number of pyridine rings is 1. The average Bonchev–Trinajstić information content (AvgIpc) is 2.47. The Morgan fingerprint density at radius 1 is 1.10 bits per heavy atom. The molecule has 0 saturated carbocycles. The third-order valence-electron chi connectivity index (χ3n) is 3.73. The summed E-state index contributed by atoms with van der Waals surface area (Å²) in [5.74, 6) is 0.744. The largest absolute Gasteiger partial charge is 0.310 e. The molecule has 0 aliphatic rings. The molecule has 1 atom stereocenters. The summed E-state index contributed by atoms with van der Waals surface area (Å²) in [7, 11) is 0. The van der Waals surface area contributed by atoms with E-state index in [1.165, 1.54) is 30.2 Å². The molecule has 2 nitrogen and oxygen atoms in total. The third kappa shape index (κ3) is 3.80. The Balaban J connectivity index is 2.29. The molecule has 0 saturated heterocycles. The van der Waals surface area contributed by atoms with Crippen LogP contribution in [0, 0.1) is 5.92 Å². The predicted octanol–water partition coefficient (Wildman–Crippen LogP) is 4.71. The lowest BCUT2D eigenvalue weighted by molar-refractivity contribution is 0.442. The summed E-state index contributed by atoms with van der Waals surface area (Å²) in [6, 6.07) is 11.1. The third-order valence-corrected chi connectivity index (χ3v) is 3.73. The first-order chi connectivity index (χ1) is 9.72. The molecule has 0 fully saturated rings. The van der Waals surface area contributed by atoms with E-state index in [1.807, 2.05) is 12.3 Å². The van der Waals surface area contributed by atoms with Gasteiger partial charge in [0.2, 0.25) is 0 Å². The molecule has 0 radical (unpaired) electrons. The first kappa shape index (κ1) is 15.0. The van der Waals surface area contributed by atoms with E-state index >= 15 is 0 Å². The summed E-state index contributed by atoms with van der Waals surface area (Å²) in [4.78, 5) is 4.47. The fourth-order valence-corrected chi connectivity index (χ4v) is 2.62. The molecule has 1 aromatic carbocycles. The lowest BCUT2D eigenvalue weighted by atomic mass is 9.94. The minimum Gasteiger partial charge on any atom is -0.310 e. The molecule has 0 amide bonds. The van der Waals surface area contributed by atoms with Gasteiger partial charge in [0, 0.05) is 17.6 Å². The number of hydrogen-bond acceptors (Lipinski definition) is 2. The van der Waals surface area contributed by atoms with Crippen LogP contribution in [0.25, 0.3) is 10.9 Å². The van der Waals surface area contributed by atoms with E-state index in [9.17, 15) is 0 Å². The maximum absolute atomic E-state index is 4.47. The van der Waals surface area contributed by atoms with Gasteiger partial charge in [-0.05, 0) is 49.4 Å². The van der Waals surface area contributed by atoms with Crippen molar-refractivity contribution in [2.24, 2.45) is 5.92 Å². The van der Waals surface area contributed by atoms with Crippen LogP contribution < -0.4 is 5.32 Å². The van der Waals surface area contributed by atoms with Crippen LogP contribution in [-0.4, -0.2) is 11.5 Å². The zero-order chi connectivity index (χ0) is 14.4. The van der Waals surface area contributed by atoms with E-state index in [2.05, 4.69) is 55.3 Å². The zero-order valence-electron chi connectivity index (χ0n) is 12.9. The standard InChI is InChI=1S/C18H26N2/c1-4-12-19-18(11-10-14(2)3)15-7-5-9-17-16(15)8-6-13-20-17/h5-9,13-14,18-19H,4,10-12H2,1-3H3. The van der Waals surface area contributed by atoms with E-state index < -0.39 is 0 Å². The van der Waals surface area contributed by atoms with Gasteiger partial charge >= 0.3 is 0 Å². The van der Waals surface area contributed by atoms with E-state index in [1.54, 1.807) is 0 Å². The van der Waals surface area contributed by atoms with E-state index in [4.69, 9.17) is 0 Å². The highest BCUT2D eigenvalue weighted by atomic mass is 14.9. The van der Waals surface area contributed by atoms with E-state index in [-0.39, 0.29) is 0 Å². The average molecular weight is 270 g/mol. The number of aromatic nitrogens is 1. The van der Waals surface area contributed by atoms with E-state index in [0.29, 0.717) is 6.04 Å². The van der Waals surface area contributed by atoms with Gasteiger partial charge in [-0.25, -0.2) is 0 Å². The molecule has 2 rings (SSSR count). The van der Waals surface area contributed by atoms with Gasteiger partial charge in [-0.1, -0.05) is 39.0 Å². The first-order valence-corrected chi connectivity index (χ1v) is 7.79.